The second kappa shape index (κ2) is 6.34. The average molecular weight is 344 g/mol. The van der Waals surface area contributed by atoms with Gasteiger partial charge >= 0.3 is 5.97 Å². The van der Waals surface area contributed by atoms with Crippen LogP contribution < -0.4 is 0 Å². The normalized spacial score (nSPS) is 23.9. The number of ether oxygens (including phenoxy) is 2. The lowest BCUT2D eigenvalue weighted by molar-refractivity contribution is -0.135. The third-order valence-corrected chi connectivity index (χ3v) is 5.09. The molecule has 1 aliphatic heterocycles. The summed E-state index contributed by atoms with van der Waals surface area (Å²) in [5.41, 5.74) is 2.89. The summed E-state index contributed by atoms with van der Waals surface area (Å²) in [4.78, 5) is 12.3. The van der Waals surface area contributed by atoms with Gasteiger partial charge in [-0.15, -0.1) is 0 Å². The summed E-state index contributed by atoms with van der Waals surface area (Å²) in [5, 5.41) is 0. The molecule has 130 valence electrons. The van der Waals surface area contributed by atoms with Crippen LogP contribution in [0.5, 0.6) is 0 Å². The van der Waals surface area contributed by atoms with Crippen LogP contribution in [-0.2, 0) is 14.3 Å². The largest absolute Gasteiger partial charge is 0.481 e. The Bertz CT molecular complexity index is 922. The van der Waals surface area contributed by atoms with Crippen LogP contribution in [0.25, 0.3) is 5.76 Å². The molecular formula is C23H20O3. The van der Waals surface area contributed by atoms with Crippen LogP contribution in [0.15, 0.2) is 90.0 Å². The molecule has 3 heteroatoms. The summed E-state index contributed by atoms with van der Waals surface area (Å²) in [5.74, 6) is 0.432. The Hall–Kier alpha value is -3.07. The fraction of sp³-hybridized carbons (Fsp3) is 0.174. The van der Waals surface area contributed by atoms with E-state index in [0.29, 0.717) is 5.57 Å². The Balaban J connectivity index is 1.85. The van der Waals surface area contributed by atoms with E-state index in [2.05, 4.69) is 12.1 Å². The van der Waals surface area contributed by atoms with E-state index in [1.54, 1.807) is 0 Å². The van der Waals surface area contributed by atoms with E-state index < -0.39 is 5.60 Å². The first kappa shape index (κ1) is 16.4. The van der Waals surface area contributed by atoms with E-state index >= 15 is 0 Å². The molecule has 2 aromatic carbocycles. The molecule has 0 spiro atoms. The molecule has 0 saturated heterocycles. The van der Waals surface area contributed by atoms with Crippen LogP contribution in [0.4, 0.5) is 0 Å². The summed E-state index contributed by atoms with van der Waals surface area (Å²) in [6.07, 6.45) is 5.86. The smallest absolute Gasteiger partial charge is 0.338 e. The van der Waals surface area contributed by atoms with Crippen molar-refractivity contribution in [1.29, 1.82) is 0 Å². The van der Waals surface area contributed by atoms with Crippen LogP contribution in [0, 0.1) is 0 Å². The summed E-state index contributed by atoms with van der Waals surface area (Å²) in [6, 6.07) is 20.2. The molecule has 2 aromatic rings. The Kier molecular flexibility index (Phi) is 4.00. The van der Waals surface area contributed by atoms with Crippen molar-refractivity contribution < 1.29 is 14.3 Å². The minimum Gasteiger partial charge on any atom is -0.481 e. The van der Waals surface area contributed by atoms with E-state index in [-0.39, 0.29) is 11.9 Å². The molecule has 3 nitrogen and oxygen atoms in total. The minimum absolute atomic E-state index is 0.00423. The van der Waals surface area contributed by atoms with Crippen molar-refractivity contribution in [2.45, 2.75) is 18.4 Å². The highest BCUT2D eigenvalue weighted by Crippen LogP contribution is 2.50. The molecule has 1 aliphatic carbocycles. The molecule has 2 aliphatic rings. The van der Waals surface area contributed by atoms with Gasteiger partial charge in [0.2, 0.25) is 0 Å². The van der Waals surface area contributed by atoms with Gasteiger partial charge in [-0.1, -0.05) is 72.8 Å². The summed E-state index contributed by atoms with van der Waals surface area (Å²) >= 11 is 0. The summed E-state index contributed by atoms with van der Waals surface area (Å²) < 4.78 is 11.5. The first-order chi connectivity index (χ1) is 12.6. The molecule has 4 rings (SSSR count). The maximum Gasteiger partial charge on any atom is 0.338 e. The molecular weight excluding hydrogens is 324 g/mol. The van der Waals surface area contributed by atoms with E-state index in [1.807, 2.05) is 73.7 Å². The van der Waals surface area contributed by atoms with E-state index in [1.165, 1.54) is 7.11 Å². The Morgan fingerprint density at radius 3 is 2.35 bits per heavy atom. The van der Waals surface area contributed by atoms with Crippen LogP contribution >= 0.6 is 0 Å². The standard InChI is InChI=1S/C23H20O3/c1-23-19(16-9-5-3-6-10-16)14-13-18(22(24)25-2)20(23)15-21(26-23)17-11-7-4-8-12-17/h3-15,19H,1-2H3/t19-,23+/m1/s1. The molecule has 2 atom stereocenters. The SMILES string of the molecule is COC(=O)C1=C2C=C(c3ccccc3)O[C@@]2(C)[C@@H](c2ccccc2)C=C1. The fourth-order valence-electron chi connectivity index (χ4n) is 3.75. The van der Waals surface area contributed by atoms with Crippen LogP contribution in [-0.4, -0.2) is 18.7 Å². The van der Waals surface area contributed by atoms with E-state index in [0.717, 1.165) is 22.5 Å². The van der Waals surface area contributed by atoms with Crippen LogP contribution in [0.1, 0.15) is 24.0 Å². The van der Waals surface area contributed by atoms with Crippen molar-refractivity contribution in [3.8, 4) is 0 Å². The van der Waals surface area contributed by atoms with Gasteiger partial charge in [0.1, 0.15) is 11.4 Å². The number of rotatable bonds is 3. The monoisotopic (exact) mass is 344 g/mol. The summed E-state index contributed by atoms with van der Waals surface area (Å²) in [7, 11) is 1.40. The lowest BCUT2D eigenvalue weighted by atomic mass is 9.74. The van der Waals surface area contributed by atoms with E-state index in [4.69, 9.17) is 9.47 Å². The Labute approximate surface area is 153 Å². The molecule has 0 N–H and O–H groups in total. The summed E-state index contributed by atoms with van der Waals surface area (Å²) in [6.45, 7) is 2.04. The third-order valence-electron chi connectivity index (χ3n) is 5.09. The first-order valence-electron chi connectivity index (χ1n) is 8.66. The van der Waals surface area contributed by atoms with Crippen molar-refractivity contribution in [2.24, 2.45) is 0 Å². The van der Waals surface area contributed by atoms with E-state index in [9.17, 15) is 4.79 Å². The van der Waals surface area contributed by atoms with Gasteiger partial charge in [0.05, 0.1) is 12.7 Å². The number of hydrogen-bond acceptors (Lipinski definition) is 3. The number of carbonyl (C=O) groups excluding carboxylic acids is 1. The van der Waals surface area contributed by atoms with Gasteiger partial charge in [0, 0.05) is 17.1 Å². The number of fused-ring (bicyclic) bond motifs is 1. The number of benzene rings is 2. The van der Waals surface area contributed by atoms with Gasteiger partial charge in [-0.2, -0.15) is 0 Å². The third kappa shape index (κ3) is 2.57. The molecule has 0 radical (unpaired) electrons. The van der Waals surface area contributed by atoms with Gasteiger partial charge in [0.15, 0.2) is 0 Å². The van der Waals surface area contributed by atoms with Crippen molar-refractivity contribution in [1.82, 2.24) is 0 Å². The molecule has 0 aromatic heterocycles. The number of carbonyl (C=O) groups is 1. The number of esters is 1. The topological polar surface area (TPSA) is 35.5 Å². The van der Waals surface area contributed by atoms with Gasteiger partial charge in [0.25, 0.3) is 0 Å². The Morgan fingerprint density at radius 1 is 1.04 bits per heavy atom. The quantitative estimate of drug-likeness (QED) is 0.761. The predicted molar refractivity (Wildman–Crippen MR) is 101 cm³/mol. The van der Waals surface area contributed by atoms with Gasteiger partial charge in [-0.3, -0.25) is 0 Å². The van der Waals surface area contributed by atoms with Crippen molar-refractivity contribution in [2.75, 3.05) is 7.11 Å². The molecule has 0 unspecified atom stereocenters. The maximum absolute atomic E-state index is 12.3. The molecule has 1 heterocycles. The molecule has 26 heavy (non-hydrogen) atoms. The van der Waals surface area contributed by atoms with Gasteiger partial charge < -0.3 is 9.47 Å². The zero-order valence-electron chi connectivity index (χ0n) is 14.8. The van der Waals surface area contributed by atoms with Crippen molar-refractivity contribution in [3.05, 3.63) is 101 Å². The molecule has 0 saturated carbocycles. The van der Waals surface area contributed by atoms with Crippen LogP contribution in [0.2, 0.25) is 0 Å². The first-order valence-corrected chi connectivity index (χ1v) is 8.66. The van der Waals surface area contributed by atoms with Gasteiger partial charge in [-0.25, -0.2) is 4.79 Å². The zero-order valence-corrected chi connectivity index (χ0v) is 14.8. The fourth-order valence-corrected chi connectivity index (χ4v) is 3.75. The lowest BCUT2D eigenvalue weighted by Gasteiger charge is -2.37. The highest BCUT2D eigenvalue weighted by atomic mass is 16.5. The number of hydrogen-bond donors (Lipinski definition) is 0. The predicted octanol–water partition coefficient (Wildman–Crippen LogP) is 4.64. The zero-order chi connectivity index (χ0) is 18.1. The Morgan fingerprint density at radius 2 is 1.69 bits per heavy atom. The second-order valence-electron chi connectivity index (χ2n) is 6.65. The highest BCUT2D eigenvalue weighted by Gasteiger charge is 2.47. The number of methoxy groups -OCH3 is 1. The van der Waals surface area contributed by atoms with Crippen molar-refractivity contribution in [3.63, 3.8) is 0 Å². The highest BCUT2D eigenvalue weighted by molar-refractivity contribution is 5.95. The molecule has 0 fully saturated rings. The average Bonchev–Trinajstić information content (AvgIpc) is 3.06. The second-order valence-corrected chi connectivity index (χ2v) is 6.65. The van der Waals surface area contributed by atoms with Crippen molar-refractivity contribution >= 4 is 11.7 Å². The lowest BCUT2D eigenvalue weighted by Crippen LogP contribution is -2.37. The minimum atomic E-state index is -0.662. The molecule has 0 amide bonds. The van der Waals surface area contributed by atoms with Gasteiger partial charge in [-0.05, 0) is 18.6 Å². The van der Waals surface area contributed by atoms with Crippen LogP contribution in [0.3, 0.4) is 0 Å². The maximum atomic E-state index is 12.3. The molecule has 0 bridgehead atoms.